The van der Waals surface area contributed by atoms with Gasteiger partial charge in [-0.25, -0.2) is 5.10 Å². The van der Waals surface area contributed by atoms with E-state index >= 15 is 0 Å². The number of nitrogens with zero attached hydrogens (tertiary/aromatic N) is 3. The second kappa shape index (κ2) is 16.6. The summed E-state index contributed by atoms with van der Waals surface area (Å²) in [7, 11) is 0. The zero-order valence-electron chi connectivity index (χ0n) is 23.5. The molecule has 0 spiro atoms. The van der Waals surface area contributed by atoms with Crippen LogP contribution in [-0.2, 0) is 17.8 Å². The summed E-state index contributed by atoms with van der Waals surface area (Å²) in [6, 6.07) is 21.6. The summed E-state index contributed by atoms with van der Waals surface area (Å²) in [6.45, 7) is 2.58. The molecule has 0 aliphatic carbocycles. The summed E-state index contributed by atoms with van der Waals surface area (Å²) in [5, 5.41) is 47.1. The summed E-state index contributed by atoms with van der Waals surface area (Å²) in [5.74, 6) is 0.718. The highest BCUT2D eigenvalue weighted by atomic mass is 16.5. The van der Waals surface area contributed by atoms with Crippen LogP contribution in [0.4, 0.5) is 0 Å². The molecule has 1 aromatic heterocycles. The number of benzene rings is 3. The number of aryl methyl sites for hydroxylation is 1. The Bertz CT molecular complexity index is 1300. The molecule has 9 heteroatoms. The van der Waals surface area contributed by atoms with Gasteiger partial charge in [-0.2, -0.15) is 0 Å². The van der Waals surface area contributed by atoms with Crippen molar-refractivity contribution in [2.45, 2.75) is 57.7 Å². The van der Waals surface area contributed by atoms with E-state index in [0.29, 0.717) is 23.5 Å². The highest BCUT2D eigenvalue weighted by Gasteiger charge is 2.12. The van der Waals surface area contributed by atoms with Crippen molar-refractivity contribution in [3.63, 3.8) is 0 Å². The second-order valence-corrected chi connectivity index (χ2v) is 10.2. The van der Waals surface area contributed by atoms with Gasteiger partial charge in [0.25, 0.3) is 0 Å². The summed E-state index contributed by atoms with van der Waals surface area (Å²) in [5.41, 5.74) is 5.62. The Morgan fingerprint density at radius 3 is 2.44 bits per heavy atom. The third kappa shape index (κ3) is 9.47. The Hall–Kier alpha value is -3.63. The molecule has 218 valence electrons. The number of tetrazole rings is 1. The molecule has 0 unspecified atom stereocenters. The lowest BCUT2D eigenvalue weighted by atomic mass is 9.95. The summed E-state index contributed by atoms with van der Waals surface area (Å²) >= 11 is 0. The molecule has 0 amide bonds. The number of aromatic nitrogens is 4. The molecule has 0 aliphatic heterocycles. The van der Waals surface area contributed by atoms with Gasteiger partial charge in [0, 0.05) is 30.9 Å². The third-order valence-corrected chi connectivity index (χ3v) is 7.16. The first-order valence-corrected chi connectivity index (χ1v) is 14.5. The van der Waals surface area contributed by atoms with Gasteiger partial charge in [0.05, 0.1) is 12.7 Å². The van der Waals surface area contributed by atoms with E-state index in [0.717, 1.165) is 81.4 Å². The fraction of sp³-hybridized carbons (Fsp3) is 0.406. The maximum Gasteiger partial charge on any atom is 0.180 e. The summed E-state index contributed by atoms with van der Waals surface area (Å²) in [6.07, 6.45) is 6.71. The van der Waals surface area contributed by atoms with Gasteiger partial charge in [-0.05, 0) is 89.5 Å². The number of phenols is 1. The average molecular weight is 560 g/mol. The van der Waals surface area contributed by atoms with E-state index in [1.54, 1.807) is 12.1 Å². The molecular formula is C32H41N5O4. The standard InChI is InChI=1S/C32H41N5O4/c38-23-27-21-26(14-16-30(27)39)31(40)22-33-17-7-1-2-8-18-41-19-9-6-10-24-13-15-28(25-11-4-3-5-12-25)29(20-24)32-34-36-37-35-32/h3-5,11-16,20-21,31,33,38-40H,1-2,6-10,17-19,22-23H2,(H,34,35,36,37)/t31-/m0/s1. The number of aromatic hydroxyl groups is 1. The number of ether oxygens (including phenoxy) is 1. The van der Waals surface area contributed by atoms with E-state index in [1.807, 2.05) is 18.2 Å². The first-order valence-electron chi connectivity index (χ1n) is 14.5. The van der Waals surface area contributed by atoms with Crippen LogP contribution in [0.25, 0.3) is 22.5 Å². The van der Waals surface area contributed by atoms with Crippen molar-refractivity contribution in [1.82, 2.24) is 25.9 Å². The molecule has 3 aromatic carbocycles. The van der Waals surface area contributed by atoms with Crippen molar-refractivity contribution in [3.05, 3.63) is 83.4 Å². The van der Waals surface area contributed by atoms with Crippen molar-refractivity contribution < 1.29 is 20.1 Å². The molecule has 1 atom stereocenters. The van der Waals surface area contributed by atoms with Crippen LogP contribution in [0.1, 0.15) is 61.3 Å². The number of aliphatic hydroxyl groups is 2. The number of hydrogen-bond donors (Lipinski definition) is 5. The molecule has 0 saturated heterocycles. The summed E-state index contributed by atoms with van der Waals surface area (Å²) in [4.78, 5) is 0. The highest BCUT2D eigenvalue weighted by molar-refractivity contribution is 5.80. The van der Waals surface area contributed by atoms with Gasteiger partial charge < -0.3 is 25.4 Å². The van der Waals surface area contributed by atoms with E-state index in [9.17, 15) is 15.3 Å². The second-order valence-electron chi connectivity index (χ2n) is 10.2. The molecule has 0 fully saturated rings. The monoisotopic (exact) mass is 559 g/mol. The lowest BCUT2D eigenvalue weighted by Crippen LogP contribution is -2.22. The molecule has 9 nitrogen and oxygen atoms in total. The van der Waals surface area contributed by atoms with Gasteiger partial charge in [0.2, 0.25) is 0 Å². The summed E-state index contributed by atoms with van der Waals surface area (Å²) < 4.78 is 5.85. The van der Waals surface area contributed by atoms with Crippen molar-refractivity contribution in [2.75, 3.05) is 26.3 Å². The molecule has 5 N–H and O–H groups in total. The van der Waals surface area contributed by atoms with Gasteiger partial charge >= 0.3 is 0 Å². The minimum atomic E-state index is -0.671. The number of rotatable bonds is 18. The lowest BCUT2D eigenvalue weighted by molar-refractivity contribution is 0.126. The number of nitrogens with one attached hydrogen (secondary N) is 2. The molecule has 0 saturated carbocycles. The Morgan fingerprint density at radius 2 is 1.66 bits per heavy atom. The van der Waals surface area contributed by atoms with E-state index in [2.05, 4.69) is 56.3 Å². The fourth-order valence-electron chi connectivity index (χ4n) is 4.82. The van der Waals surface area contributed by atoms with Crippen LogP contribution < -0.4 is 5.32 Å². The smallest absolute Gasteiger partial charge is 0.180 e. The number of aromatic amines is 1. The van der Waals surface area contributed by atoms with E-state index in [-0.39, 0.29) is 12.4 Å². The number of H-pyrrole nitrogens is 1. The van der Waals surface area contributed by atoms with Crippen LogP contribution in [0.5, 0.6) is 5.75 Å². The van der Waals surface area contributed by atoms with E-state index in [4.69, 9.17) is 4.74 Å². The highest BCUT2D eigenvalue weighted by Crippen LogP contribution is 2.31. The largest absolute Gasteiger partial charge is 0.508 e. The zero-order chi connectivity index (χ0) is 28.7. The Balaban J connectivity index is 1.04. The topological polar surface area (TPSA) is 136 Å². The van der Waals surface area contributed by atoms with Crippen LogP contribution in [0.2, 0.25) is 0 Å². The van der Waals surface area contributed by atoms with Crippen LogP contribution >= 0.6 is 0 Å². The van der Waals surface area contributed by atoms with Crippen LogP contribution in [0.3, 0.4) is 0 Å². The Morgan fingerprint density at radius 1 is 0.854 bits per heavy atom. The molecule has 0 aliphatic rings. The van der Waals surface area contributed by atoms with Gasteiger partial charge in [0.15, 0.2) is 5.82 Å². The predicted molar refractivity (Wildman–Crippen MR) is 159 cm³/mol. The molecular weight excluding hydrogens is 518 g/mol. The maximum atomic E-state index is 10.3. The van der Waals surface area contributed by atoms with Crippen LogP contribution in [0.15, 0.2) is 66.7 Å². The van der Waals surface area contributed by atoms with Crippen LogP contribution in [-0.4, -0.2) is 62.2 Å². The van der Waals surface area contributed by atoms with Crippen LogP contribution in [0, 0.1) is 0 Å². The van der Waals surface area contributed by atoms with Gasteiger partial charge in [-0.1, -0.05) is 61.4 Å². The molecule has 4 aromatic rings. The third-order valence-electron chi connectivity index (χ3n) is 7.16. The SMILES string of the molecule is OCc1cc([C@@H](O)CNCCCCCCOCCCCc2ccc(-c3ccccc3)c(-c3nnn[nH]3)c2)ccc1O. The minimum Gasteiger partial charge on any atom is -0.508 e. The molecule has 41 heavy (non-hydrogen) atoms. The first-order chi connectivity index (χ1) is 20.2. The van der Waals surface area contributed by atoms with Crippen molar-refractivity contribution >= 4 is 0 Å². The van der Waals surface area contributed by atoms with E-state index < -0.39 is 6.10 Å². The van der Waals surface area contributed by atoms with Gasteiger partial charge in [-0.15, -0.1) is 5.10 Å². The number of aliphatic hydroxyl groups excluding tert-OH is 2. The zero-order valence-corrected chi connectivity index (χ0v) is 23.5. The first kappa shape index (κ1) is 30.3. The Labute approximate surface area is 241 Å². The Kier molecular flexibility index (Phi) is 12.3. The van der Waals surface area contributed by atoms with E-state index in [1.165, 1.54) is 11.6 Å². The quantitative estimate of drug-likeness (QED) is 0.108. The van der Waals surface area contributed by atoms with Crippen molar-refractivity contribution in [2.24, 2.45) is 0 Å². The van der Waals surface area contributed by atoms with Crippen molar-refractivity contribution in [1.29, 1.82) is 0 Å². The lowest BCUT2D eigenvalue weighted by Gasteiger charge is -2.14. The fourth-order valence-corrected chi connectivity index (χ4v) is 4.82. The average Bonchev–Trinajstić information content (AvgIpc) is 3.55. The molecule has 0 bridgehead atoms. The molecule has 4 rings (SSSR count). The van der Waals surface area contributed by atoms with Crippen molar-refractivity contribution in [3.8, 4) is 28.3 Å². The minimum absolute atomic E-state index is 0.0433. The van der Waals surface area contributed by atoms with Gasteiger partial charge in [0.1, 0.15) is 5.75 Å². The van der Waals surface area contributed by atoms with Gasteiger partial charge in [-0.3, -0.25) is 0 Å². The number of hydrogen-bond acceptors (Lipinski definition) is 8. The molecule has 0 radical (unpaired) electrons. The normalized spacial score (nSPS) is 12.0. The number of unbranched alkanes of at least 4 members (excludes halogenated alkanes) is 4. The predicted octanol–water partition coefficient (Wildman–Crippen LogP) is 4.95. The maximum absolute atomic E-state index is 10.3. The molecule has 1 heterocycles.